The molecular weight excluding hydrogens is 256 g/mol. The van der Waals surface area contributed by atoms with Crippen molar-refractivity contribution in [2.45, 2.75) is 39.7 Å². The molecule has 3 rings (SSSR count). The van der Waals surface area contributed by atoms with Crippen LogP contribution in [-0.2, 0) is 13.0 Å². The van der Waals surface area contributed by atoms with Gasteiger partial charge in [0.05, 0.1) is 6.54 Å². The van der Waals surface area contributed by atoms with E-state index in [4.69, 9.17) is 0 Å². The first-order valence-corrected chi connectivity index (χ1v) is 7.64. The van der Waals surface area contributed by atoms with Crippen molar-refractivity contribution in [2.24, 2.45) is 0 Å². The molecule has 0 amide bonds. The van der Waals surface area contributed by atoms with Crippen LogP contribution in [0.3, 0.4) is 0 Å². The molecule has 2 heteroatoms. The van der Waals surface area contributed by atoms with Crippen LogP contribution in [0.15, 0.2) is 43.1 Å². The highest BCUT2D eigenvalue weighted by atomic mass is 15.2. The Morgan fingerprint density at radius 1 is 1.24 bits per heavy atom. The number of fused-ring (bicyclic) bond motifs is 1. The molecular formula is C19H22N2. The summed E-state index contributed by atoms with van der Waals surface area (Å²) in [6.45, 7) is 11.7. The first-order valence-electron chi connectivity index (χ1n) is 7.64. The third-order valence-electron chi connectivity index (χ3n) is 4.26. The zero-order chi connectivity index (χ0) is 15.0. The van der Waals surface area contributed by atoms with Crippen LogP contribution in [0.4, 0.5) is 5.82 Å². The summed E-state index contributed by atoms with van der Waals surface area (Å²) in [6, 6.07) is 11.0. The van der Waals surface area contributed by atoms with E-state index >= 15 is 0 Å². The molecule has 1 aromatic heterocycles. The lowest BCUT2D eigenvalue weighted by atomic mass is 10.0. The van der Waals surface area contributed by atoms with Crippen LogP contribution in [-0.4, -0.2) is 4.98 Å². The molecule has 1 aliphatic heterocycles. The maximum atomic E-state index is 4.62. The number of rotatable bonds is 3. The number of benzene rings is 1. The van der Waals surface area contributed by atoms with E-state index in [1.54, 1.807) is 0 Å². The van der Waals surface area contributed by atoms with Crippen LogP contribution >= 0.6 is 0 Å². The van der Waals surface area contributed by atoms with Crippen molar-refractivity contribution in [1.29, 1.82) is 0 Å². The topological polar surface area (TPSA) is 16.1 Å². The van der Waals surface area contributed by atoms with Crippen molar-refractivity contribution in [3.05, 3.63) is 65.4 Å². The lowest BCUT2D eigenvalue weighted by molar-refractivity contribution is 0.855. The summed E-state index contributed by atoms with van der Waals surface area (Å²) in [5.41, 5.74) is 6.30. The molecule has 0 fully saturated rings. The van der Waals surface area contributed by atoms with E-state index < -0.39 is 0 Å². The number of pyridine rings is 1. The maximum absolute atomic E-state index is 4.62. The van der Waals surface area contributed by atoms with E-state index in [0.29, 0.717) is 5.92 Å². The summed E-state index contributed by atoms with van der Waals surface area (Å²) in [5, 5.41) is 0. The van der Waals surface area contributed by atoms with Gasteiger partial charge in [-0.15, -0.1) is 0 Å². The van der Waals surface area contributed by atoms with Gasteiger partial charge in [-0.25, -0.2) is 4.98 Å². The molecule has 0 bridgehead atoms. The summed E-state index contributed by atoms with van der Waals surface area (Å²) in [7, 11) is 0. The van der Waals surface area contributed by atoms with Gasteiger partial charge in [-0.05, 0) is 41.2 Å². The monoisotopic (exact) mass is 278 g/mol. The molecule has 2 heterocycles. The van der Waals surface area contributed by atoms with Crippen LogP contribution in [0.2, 0.25) is 0 Å². The third-order valence-corrected chi connectivity index (χ3v) is 4.26. The standard InChI is InChI=1S/C19H22N2/c1-5-15-6-7-17-12-21(14(4)18(17)10-15)19-9-8-16(11-20-19)13(2)3/h6-11,13H,4-5,12H2,1-3H3. The molecule has 108 valence electrons. The van der Waals surface area contributed by atoms with E-state index in [0.717, 1.165) is 24.5 Å². The summed E-state index contributed by atoms with van der Waals surface area (Å²) in [5.74, 6) is 1.50. The number of aromatic nitrogens is 1. The Morgan fingerprint density at radius 2 is 2.05 bits per heavy atom. The number of hydrogen-bond donors (Lipinski definition) is 0. The quantitative estimate of drug-likeness (QED) is 0.804. The molecule has 0 N–H and O–H groups in total. The van der Waals surface area contributed by atoms with Crippen LogP contribution in [0, 0.1) is 0 Å². The second-order valence-corrected chi connectivity index (χ2v) is 5.98. The summed E-state index contributed by atoms with van der Waals surface area (Å²) >= 11 is 0. The molecule has 0 atom stereocenters. The second-order valence-electron chi connectivity index (χ2n) is 5.98. The van der Waals surface area contributed by atoms with E-state index in [2.05, 4.69) is 67.6 Å². The fraction of sp³-hybridized carbons (Fsp3) is 0.316. The van der Waals surface area contributed by atoms with Crippen LogP contribution in [0.5, 0.6) is 0 Å². The van der Waals surface area contributed by atoms with Crippen LogP contribution < -0.4 is 4.90 Å². The Labute approximate surface area is 127 Å². The molecule has 0 radical (unpaired) electrons. The van der Waals surface area contributed by atoms with Gasteiger partial charge in [-0.3, -0.25) is 0 Å². The van der Waals surface area contributed by atoms with Gasteiger partial charge in [0.15, 0.2) is 0 Å². The number of aryl methyl sites for hydroxylation is 1. The Balaban J connectivity index is 1.90. The SMILES string of the molecule is C=C1c2cc(CC)ccc2CN1c1ccc(C(C)C)cn1. The van der Waals surface area contributed by atoms with Gasteiger partial charge in [-0.1, -0.05) is 45.5 Å². The van der Waals surface area contributed by atoms with Crippen molar-refractivity contribution in [2.75, 3.05) is 4.90 Å². The van der Waals surface area contributed by atoms with E-state index in [1.807, 2.05) is 6.20 Å². The molecule has 2 nitrogen and oxygen atoms in total. The predicted molar refractivity (Wildman–Crippen MR) is 89.4 cm³/mol. The highest BCUT2D eigenvalue weighted by molar-refractivity contribution is 5.82. The summed E-state index contributed by atoms with van der Waals surface area (Å²) in [6.07, 6.45) is 3.04. The molecule has 0 saturated heterocycles. The molecule has 21 heavy (non-hydrogen) atoms. The van der Waals surface area contributed by atoms with Gasteiger partial charge >= 0.3 is 0 Å². The predicted octanol–water partition coefficient (Wildman–Crippen LogP) is 4.76. The van der Waals surface area contributed by atoms with Gasteiger partial charge in [0.25, 0.3) is 0 Å². The minimum absolute atomic E-state index is 0.512. The average molecular weight is 278 g/mol. The highest BCUT2D eigenvalue weighted by Gasteiger charge is 2.24. The molecule has 2 aromatic rings. The lowest BCUT2D eigenvalue weighted by Crippen LogP contribution is -2.14. The minimum atomic E-state index is 0.512. The van der Waals surface area contributed by atoms with E-state index in [-0.39, 0.29) is 0 Å². The van der Waals surface area contributed by atoms with Crippen molar-refractivity contribution in [1.82, 2.24) is 4.98 Å². The second kappa shape index (κ2) is 5.36. The Kier molecular flexibility index (Phi) is 3.54. The van der Waals surface area contributed by atoms with Crippen LogP contribution in [0.25, 0.3) is 5.70 Å². The van der Waals surface area contributed by atoms with Gasteiger partial charge in [-0.2, -0.15) is 0 Å². The van der Waals surface area contributed by atoms with Crippen molar-refractivity contribution in [3.63, 3.8) is 0 Å². The Hall–Kier alpha value is -2.09. The van der Waals surface area contributed by atoms with Crippen LogP contribution in [0.1, 0.15) is 48.9 Å². The zero-order valence-electron chi connectivity index (χ0n) is 13.1. The molecule has 1 aromatic carbocycles. The minimum Gasteiger partial charge on any atom is -0.322 e. The molecule has 1 aliphatic rings. The van der Waals surface area contributed by atoms with E-state index in [9.17, 15) is 0 Å². The van der Waals surface area contributed by atoms with Gasteiger partial charge < -0.3 is 4.90 Å². The largest absolute Gasteiger partial charge is 0.322 e. The first-order chi connectivity index (χ1) is 10.1. The van der Waals surface area contributed by atoms with E-state index in [1.165, 1.54) is 22.3 Å². The number of anilines is 1. The Morgan fingerprint density at radius 3 is 2.67 bits per heavy atom. The number of nitrogens with zero attached hydrogens (tertiary/aromatic N) is 2. The van der Waals surface area contributed by atoms with Gasteiger partial charge in [0, 0.05) is 17.5 Å². The van der Waals surface area contributed by atoms with Crippen molar-refractivity contribution >= 4 is 11.5 Å². The number of hydrogen-bond acceptors (Lipinski definition) is 2. The highest BCUT2D eigenvalue weighted by Crippen LogP contribution is 2.35. The lowest BCUT2D eigenvalue weighted by Gasteiger charge is -2.19. The zero-order valence-corrected chi connectivity index (χ0v) is 13.1. The first kappa shape index (κ1) is 13.9. The summed E-state index contributed by atoms with van der Waals surface area (Å²) < 4.78 is 0. The fourth-order valence-electron chi connectivity index (χ4n) is 2.78. The summed E-state index contributed by atoms with van der Waals surface area (Å²) in [4.78, 5) is 6.83. The third kappa shape index (κ3) is 2.46. The van der Waals surface area contributed by atoms with Crippen molar-refractivity contribution < 1.29 is 0 Å². The van der Waals surface area contributed by atoms with Gasteiger partial charge in [0.2, 0.25) is 0 Å². The normalized spacial score (nSPS) is 13.9. The van der Waals surface area contributed by atoms with Crippen molar-refractivity contribution in [3.8, 4) is 0 Å². The fourth-order valence-corrected chi connectivity index (χ4v) is 2.78. The molecule has 0 unspecified atom stereocenters. The smallest absolute Gasteiger partial charge is 0.133 e. The Bertz CT molecular complexity index is 668. The average Bonchev–Trinajstić information content (AvgIpc) is 2.84. The maximum Gasteiger partial charge on any atom is 0.133 e. The molecule has 0 spiro atoms. The molecule has 0 saturated carbocycles. The van der Waals surface area contributed by atoms with Gasteiger partial charge in [0.1, 0.15) is 5.82 Å². The molecule has 0 aliphatic carbocycles.